The summed E-state index contributed by atoms with van der Waals surface area (Å²) >= 11 is 0. The molecule has 0 fully saturated rings. The fraction of sp³-hybridized carbons (Fsp3) is 0.472. The van der Waals surface area contributed by atoms with Crippen LogP contribution in [0.4, 0.5) is 4.79 Å². The van der Waals surface area contributed by atoms with E-state index in [1.807, 2.05) is 58.9 Å². The second-order valence-corrected chi connectivity index (χ2v) is 11.7. The van der Waals surface area contributed by atoms with Gasteiger partial charge in [-0.2, -0.15) is 0 Å². The molecule has 0 spiro atoms. The number of ether oxygens (including phenoxy) is 2. The van der Waals surface area contributed by atoms with E-state index in [4.69, 9.17) is 15.2 Å². The topological polar surface area (TPSA) is 148 Å². The Morgan fingerprint density at radius 3 is 2.60 bits per heavy atom. The maximum absolute atomic E-state index is 12.7. The predicted molar refractivity (Wildman–Crippen MR) is 179 cm³/mol. The van der Waals surface area contributed by atoms with Crippen LogP contribution in [-0.2, 0) is 19.1 Å². The van der Waals surface area contributed by atoms with Gasteiger partial charge in [-0.1, -0.05) is 78.3 Å². The molecule has 1 aliphatic rings. The number of aliphatic hydroxyl groups is 2. The van der Waals surface area contributed by atoms with Crippen molar-refractivity contribution in [2.24, 2.45) is 11.7 Å². The Balaban J connectivity index is 3.07. The summed E-state index contributed by atoms with van der Waals surface area (Å²) < 4.78 is 11.0. The first kappa shape index (κ1) is 39.1. The van der Waals surface area contributed by atoms with E-state index in [0.29, 0.717) is 44.9 Å². The number of amides is 2. The molecule has 5 N–H and O–H groups in total. The molecule has 9 heteroatoms. The number of hydrogen-bond donors (Lipinski definition) is 4. The Bertz CT molecular complexity index is 1210. The number of carbonyl (C=O) groups excluding carboxylic acids is 3. The zero-order valence-electron chi connectivity index (χ0n) is 27.4. The van der Waals surface area contributed by atoms with Gasteiger partial charge >= 0.3 is 12.1 Å². The van der Waals surface area contributed by atoms with E-state index >= 15 is 0 Å². The number of rotatable bonds is 8. The summed E-state index contributed by atoms with van der Waals surface area (Å²) in [6, 6.07) is 0. The van der Waals surface area contributed by atoms with Gasteiger partial charge in [0.15, 0.2) is 0 Å². The number of aliphatic hydroxyl groups excluding tert-OH is 2. The molecular formula is C36H52N2O7. The van der Waals surface area contributed by atoms with E-state index in [9.17, 15) is 24.6 Å². The van der Waals surface area contributed by atoms with Crippen molar-refractivity contribution in [1.82, 2.24) is 5.32 Å². The van der Waals surface area contributed by atoms with Gasteiger partial charge < -0.3 is 30.7 Å². The molecule has 0 aromatic rings. The van der Waals surface area contributed by atoms with Gasteiger partial charge in [-0.25, -0.2) is 9.59 Å². The highest BCUT2D eigenvalue weighted by Gasteiger charge is 2.21. The minimum atomic E-state index is -1.12. The Morgan fingerprint density at radius 1 is 1.18 bits per heavy atom. The fourth-order valence-electron chi connectivity index (χ4n) is 4.66. The van der Waals surface area contributed by atoms with Gasteiger partial charge in [0.2, 0.25) is 5.91 Å². The molecule has 0 aromatic carbocycles. The van der Waals surface area contributed by atoms with Crippen molar-refractivity contribution in [2.75, 3.05) is 0 Å². The minimum absolute atomic E-state index is 0.138. The van der Waals surface area contributed by atoms with Crippen LogP contribution in [0, 0.1) is 5.92 Å². The molecule has 0 saturated carbocycles. The maximum atomic E-state index is 12.7. The number of allylic oxidation sites excluding steroid dienone is 8. The minimum Gasteiger partial charge on any atom is -0.458 e. The standard InChI is InChI=1S/C36H52N2O7/c1-25(2)21-28(5)24-34(41)38-20-19-27(4)22-29(6)33-23-26(3)13-9-7-11-15-32(45-36(37)43)31(40)18-17-30(39)14-10-8-12-16-35(42)44-33/h7,9,12-13,16-20,22,24,29-33,39-40H,1,8,10-11,14-15,21,23H2,2-6H3,(H2,37,43)(H,38,41)/b9-7+,16-12+,18-17+,20-19+,26-13+,27-22+,28-24-/t29-,30+,31+,32+,33-/m1/s1. The summed E-state index contributed by atoms with van der Waals surface area (Å²) in [5.41, 5.74) is 8.98. The molecule has 45 heavy (non-hydrogen) atoms. The second kappa shape index (κ2) is 21.7. The van der Waals surface area contributed by atoms with Crippen LogP contribution in [0.25, 0.3) is 0 Å². The van der Waals surface area contributed by atoms with E-state index in [-0.39, 0.29) is 11.8 Å². The number of esters is 1. The quantitative estimate of drug-likeness (QED) is 0.109. The lowest BCUT2D eigenvalue weighted by atomic mass is 9.95. The van der Waals surface area contributed by atoms with Gasteiger partial charge in [0, 0.05) is 30.7 Å². The van der Waals surface area contributed by atoms with Crippen LogP contribution in [0.1, 0.15) is 79.6 Å². The van der Waals surface area contributed by atoms with Crippen LogP contribution < -0.4 is 11.1 Å². The van der Waals surface area contributed by atoms with Crippen molar-refractivity contribution in [3.63, 3.8) is 0 Å². The molecule has 0 aromatic heterocycles. The first-order valence-corrected chi connectivity index (χ1v) is 15.4. The molecule has 9 nitrogen and oxygen atoms in total. The van der Waals surface area contributed by atoms with Crippen molar-refractivity contribution in [3.8, 4) is 0 Å². The zero-order valence-corrected chi connectivity index (χ0v) is 27.4. The van der Waals surface area contributed by atoms with Crippen LogP contribution in [-0.4, -0.2) is 52.6 Å². The lowest BCUT2D eigenvalue weighted by Gasteiger charge is -2.22. The van der Waals surface area contributed by atoms with Gasteiger partial charge in [-0.05, 0) is 72.3 Å². The first-order chi connectivity index (χ1) is 21.3. The number of cyclic esters (lactones) is 1. The molecule has 0 saturated heterocycles. The van der Waals surface area contributed by atoms with Crippen molar-refractivity contribution < 1.29 is 34.1 Å². The summed E-state index contributed by atoms with van der Waals surface area (Å²) in [6.45, 7) is 13.5. The molecule has 0 radical (unpaired) electrons. The average Bonchev–Trinajstić information content (AvgIpc) is 2.93. The number of carbonyl (C=O) groups is 3. The lowest BCUT2D eigenvalue weighted by molar-refractivity contribution is -0.144. The SMILES string of the molecule is C=C(C)C/C(C)=C\C(=O)N/C=C/C(C)=C/[C@@H](C)[C@H]1C/C(C)=C/C=C/CC[C@H](OC(N)=O)[C@@H](O)/C=C/[C@@H](O)CCC/C=C/C(=O)O1. The van der Waals surface area contributed by atoms with E-state index in [0.717, 1.165) is 22.3 Å². The first-order valence-electron chi connectivity index (χ1n) is 15.4. The summed E-state index contributed by atoms with van der Waals surface area (Å²) in [7, 11) is 0. The molecule has 1 rings (SSSR count). The van der Waals surface area contributed by atoms with Gasteiger partial charge in [0.1, 0.15) is 18.3 Å². The average molecular weight is 625 g/mol. The second-order valence-electron chi connectivity index (χ2n) is 11.7. The molecule has 0 aliphatic carbocycles. The van der Waals surface area contributed by atoms with Crippen LogP contribution in [0.3, 0.4) is 0 Å². The Kier molecular flexibility index (Phi) is 18.8. The summed E-state index contributed by atoms with van der Waals surface area (Å²) in [5, 5.41) is 23.5. The van der Waals surface area contributed by atoms with Crippen molar-refractivity contribution in [1.29, 1.82) is 0 Å². The van der Waals surface area contributed by atoms with Crippen LogP contribution >= 0.6 is 0 Å². The van der Waals surface area contributed by atoms with E-state index in [1.54, 1.807) is 24.4 Å². The highest BCUT2D eigenvalue weighted by Crippen LogP contribution is 2.21. The molecule has 1 heterocycles. The molecule has 0 bridgehead atoms. The number of hydrogen-bond acceptors (Lipinski definition) is 7. The van der Waals surface area contributed by atoms with E-state index in [2.05, 4.69) is 11.9 Å². The monoisotopic (exact) mass is 624 g/mol. The molecular weight excluding hydrogens is 572 g/mol. The van der Waals surface area contributed by atoms with Crippen LogP contribution in [0.2, 0.25) is 0 Å². The van der Waals surface area contributed by atoms with E-state index < -0.39 is 36.5 Å². The number of nitrogens with one attached hydrogen (secondary N) is 1. The van der Waals surface area contributed by atoms with Crippen molar-refractivity contribution in [2.45, 2.75) is 104 Å². The van der Waals surface area contributed by atoms with E-state index in [1.165, 1.54) is 18.2 Å². The molecule has 5 atom stereocenters. The summed E-state index contributed by atoms with van der Waals surface area (Å²) in [4.78, 5) is 36.2. The maximum Gasteiger partial charge on any atom is 0.404 e. The normalized spacial score (nSPS) is 27.3. The van der Waals surface area contributed by atoms with Crippen molar-refractivity contribution >= 4 is 18.0 Å². The van der Waals surface area contributed by atoms with Gasteiger partial charge in [0.25, 0.3) is 0 Å². The Hall–Kier alpha value is -3.95. The van der Waals surface area contributed by atoms with Gasteiger partial charge in [-0.15, -0.1) is 0 Å². The fourth-order valence-corrected chi connectivity index (χ4v) is 4.66. The largest absolute Gasteiger partial charge is 0.458 e. The Labute approximate surface area is 268 Å². The van der Waals surface area contributed by atoms with Crippen molar-refractivity contribution in [3.05, 3.63) is 95.8 Å². The third-order valence-corrected chi connectivity index (χ3v) is 6.87. The summed E-state index contributed by atoms with van der Waals surface area (Å²) in [5.74, 6) is -0.798. The van der Waals surface area contributed by atoms with Gasteiger partial charge in [-0.3, -0.25) is 4.79 Å². The summed E-state index contributed by atoms with van der Waals surface area (Å²) in [6.07, 6.45) is 18.0. The third kappa shape index (κ3) is 19.1. The number of primary amides is 1. The predicted octanol–water partition coefficient (Wildman–Crippen LogP) is 6.18. The highest BCUT2D eigenvalue weighted by molar-refractivity contribution is 5.89. The lowest BCUT2D eigenvalue weighted by Crippen LogP contribution is -2.32. The molecule has 1 aliphatic heterocycles. The highest BCUT2D eigenvalue weighted by atomic mass is 16.6. The zero-order chi connectivity index (χ0) is 33.8. The smallest absolute Gasteiger partial charge is 0.404 e. The third-order valence-electron chi connectivity index (χ3n) is 6.87. The van der Waals surface area contributed by atoms with Crippen LogP contribution in [0.5, 0.6) is 0 Å². The van der Waals surface area contributed by atoms with Crippen LogP contribution in [0.15, 0.2) is 95.8 Å². The van der Waals surface area contributed by atoms with Gasteiger partial charge in [0.05, 0.1) is 6.10 Å². The molecule has 248 valence electrons. The number of nitrogens with two attached hydrogens (primary N) is 1. The Morgan fingerprint density at radius 2 is 1.91 bits per heavy atom. The molecule has 0 unspecified atom stereocenters. The molecule has 2 amide bonds.